The molecule has 0 saturated heterocycles. The molecule has 1 N–H and O–H groups in total. The maximum Gasteiger partial charge on any atom is 0.250 e. The van der Waals surface area contributed by atoms with E-state index >= 15 is 0 Å². The number of aryl methyl sites for hydroxylation is 1. The van der Waals surface area contributed by atoms with Crippen molar-refractivity contribution in [2.24, 2.45) is 0 Å². The summed E-state index contributed by atoms with van der Waals surface area (Å²) < 4.78 is 0. The van der Waals surface area contributed by atoms with E-state index in [1.165, 1.54) is 16.7 Å². The Labute approximate surface area is 169 Å². The van der Waals surface area contributed by atoms with Gasteiger partial charge < -0.3 is 5.32 Å². The van der Waals surface area contributed by atoms with Gasteiger partial charge in [0.15, 0.2) is 0 Å². The van der Waals surface area contributed by atoms with Crippen molar-refractivity contribution in [3.05, 3.63) is 46.6 Å². The first-order chi connectivity index (χ1) is 13.2. The van der Waals surface area contributed by atoms with Gasteiger partial charge in [-0.3, -0.25) is 14.5 Å². The smallest absolute Gasteiger partial charge is 0.250 e. The molecule has 28 heavy (non-hydrogen) atoms. The predicted molar refractivity (Wildman–Crippen MR) is 111 cm³/mol. The highest BCUT2D eigenvalue weighted by Crippen LogP contribution is 2.37. The van der Waals surface area contributed by atoms with Crippen molar-refractivity contribution in [1.29, 1.82) is 5.26 Å². The van der Waals surface area contributed by atoms with Gasteiger partial charge in [-0.15, -0.1) is 0 Å². The van der Waals surface area contributed by atoms with E-state index in [4.69, 9.17) is 0 Å². The second kappa shape index (κ2) is 7.28. The third-order valence-corrected chi connectivity index (χ3v) is 6.12. The van der Waals surface area contributed by atoms with Crippen LogP contribution in [0.4, 0.5) is 11.4 Å². The Kier molecular flexibility index (Phi) is 5.18. The summed E-state index contributed by atoms with van der Waals surface area (Å²) in [6.45, 7) is 9.16. The molecule has 6 nitrogen and oxygen atoms in total. The minimum Gasteiger partial charge on any atom is -0.322 e. The van der Waals surface area contributed by atoms with Gasteiger partial charge in [0.1, 0.15) is 16.6 Å². The second-order valence-corrected chi connectivity index (χ2v) is 8.25. The van der Waals surface area contributed by atoms with E-state index in [0.717, 1.165) is 16.8 Å². The van der Waals surface area contributed by atoms with E-state index in [1.54, 1.807) is 19.9 Å². The molecule has 0 saturated carbocycles. The van der Waals surface area contributed by atoms with Crippen molar-refractivity contribution in [3.63, 3.8) is 0 Å². The van der Waals surface area contributed by atoms with Crippen LogP contribution >= 0.6 is 11.8 Å². The van der Waals surface area contributed by atoms with Gasteiger partial charge in [0.05, 0.1) is 22.7 Å². The van der Waals surface area contributed by atoms with Crippen LogP contribution in [-0.2, 0) is 9.59 Å². The number of rotatable bonds is 3. The second-order valence-electron chi connectivity index (χ2n) is 7.29. The summed E-state index contributed by atoms with van der Waals surface area (Å²) in [5.74, 6) is -0.365. The molecule has 0 aliphatic carbocycles. The number of amides is 2. The average Bonchev–Trinajstić information content (AvgIpc) is 2.65. The quantitative estimate of drug-likeness (QED) is 0.802. The summed E-state index contributed by atoms with van der Waals surface area (Å²) in [5.41, 5.74) is 3.47. The number of nitrogens with one attached hydrogen (secondary N) is 1. The number of carbonyl (C=O) groups is 2. The number of hydrogen-bond acceptors (Lipinski definition) is 5. The van der Waals surface area contributed by atoms with Crippen molar-refractivity contribution in [1.82, 2.24) is 4.98 Å². The summed E-state index contributed by atoms with van der Waals surface area (Å²) in [6, 6.07) is 9.45. The van der Waals surface area contributed by atoms with Crippen molar-refractivity contribution < 1.29 is 9.59 Å². The molecule has 0 bridgehead atoms. The SMILES string of the molecule is Cc1nc(SCC(=O)N2c3ccccc3NC(=O)C2(C)C)c(C#N)c(C)c1C. The first-order valence-corrected chi connectivity index (χ1v) is 9.91. The molecule has 2 aromatic rings. The van der Waals surface area contributed by atoms with Crippen LogP contribution in [0.1, 0.15) is 36.2 Å². The van der Waals surface area contributed by atoms with Gasteiger partial charge in [0.25, 0.3) is 0 Å². The van der Waals surface area contributed by atoms with E-state index < -0.39 is 5.54 Å². The number of fused-ring (bicyclic) bond motifs is 1. The van der Waals surface area contributed by atoms with Gasteiger partial charge in [0.2, 0.25) is 11.8 Å². The van der Waals surface area contributed by atoms with E-state index in [0.29, 0.717) is 22.0 Å². The molecule has 1 aliphatic heterocycles. The molecule has 2 heterocycles. The van der Waals surface area contributed by atoms with Crippen LogP contribution in [0.15, 0.2) is 29.3 Å². The normalized spacial score (nSPS) is 14.9. The van der Waals surface area contributed by atoms with Gasteiger partial charge in [-0.1, -0.05) is 23.9 Å². The number of anilines is 2. The average molecular weight is 395 g/mol. The summed E-state index contributed by atoms with van der Waals surface area (Å²) in [6.07, 6.45) is 0. The van der Waals surface area contributed by atoms with Crippen LogP contribution in [0.3, 0.4) is 0 Å². The Morgan fingerprint density at radius 1 is 1.25 bits per heavy atom. The number of thioether (sulfide) groups is 1. The largest absolute Gasteiger partial charge is 0.322 e. The van der Waals surface area contributed by atoms with E-state index in [1.807, 2.05) is 39.0 Å². The fourth-order valence-corrected chi connectivity index (χ4v) is 4.17. The molecule has 0 fully saturated rings. The number of nitrogens with zero attached hydrogens (tertiary/aromatic N) is 3. The lowest BCUT2D eigenvalue weighted by molar-refractivity contribution is -0.125. The lowest BCUT2D eigenvalue weighted by Gasteiger charge is -2.42. The monoisotopic (exact) mass is 394 g/mol. The highest BCUT2D eigenvalue weighted by molar-refractivity contribution is 8.00. The Hall–Kier alpha value is -2.85. The molecular formula is C21H22N4O2S. The maximum absolute atomic E-state index is 13.1. The zero-order chi connectivity index (χ0) is 20.6. The molecule has 0 unspecified atom stereocenters. The highest BCUT2D eigenvalue weighted by Gasteiger charge is 2.43. The van der Waals surface area contributed by atoms with E-state index in [-0.39, 0.29) is 17.6 Å². The highest BCUT2D eigenvalue weighted by atomic mass is 32.2. The Bertz CT molecular complexity index is 1020. The fraction of sp³-hybridized carbons (Fsp3) is 0.333. The molecule has 7 heteroatoms. The van der Waals surface area contributed by atoms with Crippen molar-refractivity contribution in [3.8, 4) is 6.07 Å². The van der Waals surface area contributed by atoms with Gasteiger partial charge in [-0.25, -0.2) is 4.98 Å². The lowest BCUT2D eigenvalue weighted by atomic mass is 9.96. The minimum absolute atomic E-state index is 0.0780. The van der Waals surface area contributed by atoms with Gasteiger partial charge >= 0.3 is 0 Å². The molecule has 1 aromatic heterocycles. The lowest BCUT2D eigenvalue weighted by Crippen LogP contribution is -2.58. The number of pyridine rings is 1. The molecule has 0 radical (unpaired) electrons. The summed E-state index contributed by atoms with van der Waals surface area (Å²) >= 11 is 1.23. The van der Waals surface area contributed by atoms with Crippen LogP contribution in [-0.4, -0.2) is 28.1 Å². The Morgan fingerprint density at radius 3 is 2.61 bits per heavy atom. The number of nitriles is 1. The first kappa shape index (κ1) is 19.9. The summed E-state index contributed by atoms with van der Waals surface area (Å²) in [4.78, 5) is 31.7. The third kappa shape index (κ3) is 3.25. The molecule has 0 spiro atoms. The van der Waals surface area contributed by atoms with Crippen LogP contribution in [0, 0.1) is 32.1 Å². The standard InChI is InChI=1S/C21H22N4O2S/c1-12-13(2)15(10-22)19(23-14(12)3)28-11-18(26)25-17-9-7-6-8-16(17)24-20(27)21(25,4)5/h6-9H,11H2,1-5H3,(H,24,27). The Balaban J connectivity index is 1.92. The zero-order valence-electron chi connectivity index (χ0n) is 16.6. The van der Waals surface area contributed by atoms with Crippen LogP contribution in [0.25, 0.3) is 0 Å². The van der Waals surface area contributed by atoms with Gasteiger partial charge in [0, 0.05) is 5.69 Å². The van der Waals surface area contributed by atoms with Crippen LogP contribution in [0.5, 0.6) is 0 Å². The molecule has 1 aliphatic rings. The van der Waals surface area contributed by atoms with Crippen molar-refractivity contribution in [2.45, 2.75) is 45.2 Å². The predicted octanol–water partition coefficient (Wildman–Crippen LogP) is 3.73. The zero-order valence-corrected chi connectivity index (χ0v) is 17.4. The third-order valence-electron chi connectivity index (χ3n) is 5.16. The van der Waals surface area contributed by atoms with E-state index in [9.17, 15) is 14.9 Å². The van der Waals surface area contributed by atoms with Gasteiger partial charge in [-0.2, -0.15) is 5.26 Å². The van der Waals surface area contributed by atoms with Gasteiger partial charge in [-0.05, 0) is 57.9 Å². The van der Waals surface area contributed by atoms with Crippen molar-refractivity contribution in [2.75, 3.05) is 16.0 Å². The topological polar surface area (TPSA) is 86.1 Å². The fourth-order valence-electron chi connectivity index (χ4n) is 3.24. The van der Waals surface area contributed by atoms with Crippen molar-refractivity contribution >= 4 is 35.0 Å². The molecule has 1 aromatic carbocycles. The Morgan fingerprint density at radius 2 is 1.93 bits per heavy atom. The summed E-state index contributed by atoms with van der Waals surface area (Å²) in [5, 5.41) is 12.9. The maximum atomic E-state index is 13.1. The molecule has 3 rings (SSSR count). The van der Waals surface area contributed by atoms with E-state index in [2.05, 4.69) is 16.4 Å². The number of para-hydroxylation sites is 2. The summed E-state index contributed by atoms with van der Waals surface area (Å²) in [7, 11) is 0. The number of hydrogen-bond donors (Lipinski definition) is 1. The molecule has 144 valence electrons. The number of carbonyl (C=O) groups excluding carboxylic acids is 2. The number of aromatic nitrogens is 1. The minimum atomic E-state index is -1.02. The number of benzene rings is 1. The molecular weight excluding hydrogens is 372 g/mol. The molecule has 2 amide bonds. The molecule has 0 atom stereocenters. The first-order valence-electron chi connectivity index (χ1n) is 8.92. The van der Waals surface area contributed by atoms with Crippen LogP contribution in [0.2, 0.25) is 0 Å². The van der Waals surface area contributed by atoms with Crippen LogP contribution < -0.4 is 10.2 Å².